The maximum Gasteiger partial charge on any atom is 0.175 e. The zero-order chi connectivity index (χ0) is 13.9. The molecule has 2 aliphatic rings. The molecule has 20 heavy (non-hydrogen) atoms. The van der Waals surface area contributed by atoms with E-state index >= 15 is 0 Å². The molecule has 0 N–H and O–H groups in total. The van der Waals surface area contributed by atoms with Gasteiger partial charge in [0.2, 0.25) is 0 Å². The number of thiazole rings is 1. The Morgan fingerprint density at radius 1 is 1.45 bits per heavy atom. The highest BCUT2D eigenvalue weighted by molar-refractivity contribution is 7.10. The fraction of sp³-hybridized carbons (Fsp3) is 0.667. The van der Waals surface area contributed by atoms with Gasteiger partial charge < -0.3 is 14.4 Å². The van der Waals surface area contributed by atoms with E-state index in [1.807, 2.05) is 11.7 Å². The first kappa shape index (κ1) is 13.9. The van der Waals surface area contributed by atoms with Gasteiger partial charge in [0.1, 0.15) is 0 Å². The van der Waals surface area contributed by atoms with Gasteiger partial charge >= 0.3 is 0 Å². The molecule has 2 aliphatic heterocycles. The Balaban J connectivity index is 1.81. The van der Waals surface area contributed by atoms with Crippen molar-refractivity contribution in [2.75, 3.05) is 13.2 Å². The molecule has 1 aromatic heterocycles. The van der Waals surface area contributed by atoms with Crippen molar-refractivity contribution >= 4 is 17.1 Å². The zero-order valence-electron chi connectivity index (χ0n) is 12.1. The van der Waals surface area contributed by atoms with Crippen LogP contribution in [0.15, 0.2) is 17.9 Å². The summed E-state index contributed by atoms with van der Waals surface area (Å²) in [5.41, 5.74) is 1.86. The normalized spacial score (nSPS) is 25.4. The van der Waals surface area contributed by atoms with Crippen molar-refractivity contribution in [3.8, 4) is 0 Å². The maximum absolute atomic E-state index is 6.24. The van der Waals surface area contributed by atoms with Crippen LogP contribution in [0, 0.1) is 5.92 Å². The van der Waals surface area contributed by atoms with Crippen LogP contribution in [-0.4, -0.2) is 35.4 Å². The number of nitrogens with zero attached hydrogens (tertiary/aromatic N) is 2. The minimum atomic E-state index is 0.153. The molecule has 0 aliphatic carbocycles. The highest BCUT2D eigenvalue weighted by atomic mass is 32.1. The quantitative estimate of drug-likeness (QED) is 0.853. The summed E-state index contributed by atoms with van der Waals surface area (Å²) in [5.74, 6) is 1.49. The Kier molecular flexibility index (Phi) is 4.27. The molecule has 0 spiro atoms. The number of hydrogen-bond donors (Lipinski definition) is 0. The van der Waals surface area contributed by atoms with Crippen LogP contribution in [0.2, 0.25) is 0 Å². The van der Waals surface area contributed by atoms with Crippen molar-refractivity contribution in [2.45, 2.75) is 45.4 Å². The molecular weight excluding hydrogens is 272 g/mol. The lowest BCUT2D eigenvalue weighted by Gasteiger charge is -2.37. The molecule has 0 radical (unpaired) electrons. The smallest absolute Gasteiger partial charge is 0.175 e. The summed E-state index contributed by atoms with van der Waals surface area (Å²) in [6.07, 6.45) is 7.53. The van der Waals surface area contributed by atoms with Crippen LogP contribution in [0.3, 0.4) is 0 Å². The molecule has 2 unspecified atom stereocenters. The van der Waals surface area contributed by atoms with Gasteiger partial charge in [-0.2, -0.15) is 0 Å². The molecule has 1 saturated heterocycles. The zero-order valence-corrected chi connectivity index (χ0v) is 12.9. The Morgan fingerprint density at radius 3 is 2.90 bits per heavy atom. The van der Waals surface area contributed by atoms with E-state index < -0.39 is 0 Å². The second-order valence-corrected chi connectivity index (χ2v) is 6.43. The third-order valence-electron chi connectivity index (χ3n) is 4.23. The van der Waals surface area contributed by atoms with E-state index in [9.17, 15) is 0 Å². The van der Waals surface area contributed by atoms with E-state index in [4.69, 9.17) is 9.47 Å². The van der Waals surface area contributed by atoms with Crippen molar-refractivity contribution < 1.29 is 9.47 Å². The Hall–Kier alpha value is -1.07. The maximum atomic E-state index is 6.24. The van der Waals surface area contributed by atoms with E-state index in [1.165, 1.54) is 0 Å². The standard InChI is InChI=1S/C15H22N2O2S/c1-3-11(2)15-17(12-4-6-18-7-5-12)9-13(19-15)14-8-16-10-20-14/h8-12,15H,3-7H2,1-2H3. The van der Waals surface area contributed by atoms with Crippen LogP contribution >= 0.6 is 11.3 Å². The van der Waals surface area contributed by atoms with Crippen LogP contribution in [0.1, 0.15) is 38.0 Å². The Morgan fingerprint density at radius 2 is 2.25 bits per heavy atom. The molecule has 3 rings (SSSR count). The first-order valence-electron chi connectivity index (χ1n) is 7.42. The predicted octanol–water partition coefficient (Wildman–Crippen LogP) is 3.32. The third kappa shape index (κ3) is 2.69. The highest BCUT2D eigenvalue weighted by Crippen LogP contribution is 2.36. The fourth-order valence-corrected chi connectivity index (χ4v) is 3.37. The Labute approximate surface area is 124 Å². The SMILES string of the molecule is CCC(C)C1OC(c2cncs2)=CN1C1CCOCC1. The number of aromatic nitrogens is 1. The first-order chi connectivity index (χ1) is 9.79. The van der Waals surface area contributed by atoms with Gasteiger partial charge in [0, 0.05) is 37.6 Å². The second kappa shape index (κ2) is 6.14. The predicted molar refractivity (Wildman–Crippen MR) is 80.1 cm³/mol. The number of rotatable bonds is 4. The monoisotopic (exact) mass is 294 g/mol. The summed E-state index contributed by atoms with van der Waals surface area (Å²) < 4.78 is 11.7. The summed E-state index contributed by atoms with van der Waals surface area (Å²) >= 11 is 1.63. The van der Waals surface area contributed by atoms with Crippen LogP contribution in [0.25, 0.3) is 5.76 Å². The molecule has 1 fully saturated rings. The molecule has 1 aromatic rings. The van der Waals surface area contributed by atoms with E-state index in [2.05, 4.69) is 29.9 Å². The number of hydrogen-bond acceptors (Lipinski definition) is 5. The van der Waals surface area contributed by atoms with E-state index in [0.29, 0.717) is 12.0 Å². The average molecular weight is 294 g/mol. The highest BCUT2D eigenvalue weighted by Gasteiger charge is 2.35. The average Bonchev–Trinajstić information content (AvgIpc) is 3.16. The van der Waals surface area contributed by atoms with Gasteiger partial charge in [0.05, 0.1) is 10.4 Å². The molecule has 0 bridgehead atoms. The van der Waals surface area contributed by atoms with Crippen molar-refractivity contribution in [1.82, 2.24) is 9.88 Å². The van der Waals surface area contributed by atoms with E-state index in [-0.39, 0.29) is 6.23 Å². The van der Waals surface area contributed by atoms with Gasteiger partial charge in [0.25, 0.3) is 0 Å². The van der Waals surface area contributed by atoms with E-state index in [1.54, 1.807) is 11.3 Å². The van der Waals surface area contributed by atoms with Crippen LogP contribution in [-0.2, 0) is 9.47 Å². The Bertz CT molecular complexity index is 454. The van der Waals surface area contributed by atoms with Crippen molar-refractivity contribution in [1.29, 1.82) is 0 Å². The topological polar surface area (TPSA) is 34.6 Å². The molecule has 0 saturated carbocycles. The minimum Gasteiger partial charge on any atom is -0.467 e. The summed E-state index contributed by atoms with van der Waals surface area (Å²) in [6, 6.07) is 0.535. The van der Waals surface area contributed by atoms with Crippen LogP contribution < -0.4 is 0 Å². The van der Waals surface area contributed by atoms with Crippen LogP contribution in [0.5, 0.6) is 0 Å². The summed E-state index contributed by atoms with van der Waals surface area (Å²) in [5, 5.41) is 0. The summed E-state index contributed by atoms with van der Waals surface area (Å²) in [7, 11) is 0. The molecule has 5 heteroatoms. The van der Waals surface area contributed by atoms with Gasteiger partial charge in [-0.1, -0.05) is 13.8 Å². The van der Waals surface area contributed by atoms with Gasteiger partial charge in [-0.25, -0.2) is 0 Å². The number of ether oxygens (including phenoxy) is 2. The molecule has 110 valence electrons. The first-order valence-corrected chi connectivity index (χ1v) is 8.30. The third-order valence-corrected chi connectivity index (χ3v) is 5.01. The molecule has 3 heterocycles. The van der Waals surface area contributed by atoms with Gasteiger partial charge in [-0.05, 0) is 19.3 Å². The molecule has 0 aromatic carbocycles. The molecule has 0 amide bonds. The van der Waals surface area contributed by atoms with Gasteiger partial charge in [-0.15, -0.1) is 11.3 Å². The summed E-state index contributed by atoms with van der Waals surface area (Å²) in [6.45, 7) is 6.21. The molecular formula is C15H22N2O2S. The van der Waals surface area contributed by atoms with Crippen molar-refractivity contribution in [2.24, 2.45) is 5.92 Å². The molecule has 4 nitrogen and oxygen atoms in total. The lowest BCUT2D eigenvalue weighted by Crippen LogP contribution is -2.43. The largest absolute Gasteiger partial charge is 0.467 e. The van der Waals surface area contributed by atoms with Crippen LogP contribution in [0.4, 0.5) is 0 Å². The van der Waals surface area contributed by atoms with Crippen molar-refractivity contribution in [3.63, 3.8) is 0 Å². The second-order valence-electron chi connectivity index (χ2n) is 5.54. The molecule has 2 atom stereocenters. The van der Waals surface area contributed by atoms with E-state index in [0.717, 1.165) is 43.1 Å². The lowest BCUT2D eigenvalue weighted by atomic mass is 10.0. The lowest BCUT2D eigenvalue weighted by molar-refractivity contribution is -0.0339. The van der Waals surface area contributed by atoms with Gasteiger partial charge in [-0.3, -0.25) is 4.98 Å². The fourth-order valence-electron chi connectivity index (χ4n) is 2.80. The van der Waals surface area contributed by atoms with Crippen molar-refractivity contribution in [3.05, 3.63) is 22.8 Å². The summed E-state index contributed by atoms with van der Waals surface area (Å²) in [4.78, 5) is 7.69. The van der Waals surface area contributed by atoms with Gasteiger partial charge in [0.15, 0.2) is 12.0 Å². The minimum absolute atomic E-state index is 0.153.